The molecule has 0 aliphatic carbocycles. The molecule has 0 saturated carbocycles. The molecule has 6 nitrogen and oxygen atoms in total. The molecule has 0 rings (SSSR count). The van der Waals surface area contributed by atoms with E-state index in [-0.39, 0.29) is 44.0 Å². The van der Waals surface area contributed by atoms with E-state index in [1.807, 2.05) is 0 Å². The van der Waals surface area contributed by atoms with Crippen LogP contribution in [0.15, 0.2) is 194 Å². The van der Waals surface area contributed by atoms with Crippen LogP contribution in [-0.2, 0) is 28.6 Å². The largest absolute Gasteiger partial charge is 0.462 e. The van der Waals surface area contributed by atoms with Crippen molar-refractivity contribution < 1.29 is 28.6 Å². The minimum absolute atomic E-state index is 0.115. The Morgan fingerprint density at radius 2 is 0.506 bits per heavy atom. The number of carbonyl (C=O) groups is 3. The lowest BCUT2D eigenvalue weighted by Gasteiger charge is -2.18. The molecule has 0 aromatic heterocycles. The Kier molecular flexibility index (Phi) is 60.1. The second kappa shape index (κ2) is 64.8. The molecule has 0 spiro atoms. The lowest BCUT2D eigenvalue weighted by atomic mass is 10.1. The fraction of sp³-hybridized carbons (Fsp3) is 0.521. The Morgan fingerprint density at radius 1 is 0.266 bits per heavy atom. The van der Waals surface area contributed by atoms with Gasteiger partial charge in [-0.25, -0.2) is 0 Å². The van der Waals surface area contributed by atoms with Crippen molar-refractivity contribution in [3.63, 3.8) is 0 Å². The van der Waals surface area contributed by atoms with Crippen LogP contribution in [0.25, 0.3) is 0 Å². The summed E-state index contributed by atoms with van der Waals surface area (Å²) in [6, 6.07) is 0. The van der Waals surface area contributed by atoms with Crippen LogP contribution in [0, 0.1) is 0 Å². The number of allylic oxidation sites excluding steroid dienone is 32. The van der Waals surface area contributed by atoms with Crippen LogP contribution in [0.3, 0.4) is 0 Å². The van der Waals surface area contributed by atoms with Crippen LogP contribution in [0.1, 0.15) is 226 Å². The fourth-order valence-corrected chi connectivity index (χ4v) is 7.54. The molecule has 0 aromatic carbocycles. The van der Waals surface area contributed by atoms with Crippen molar-refractivity contribution >= 4 is 17.9 Å². The Labute approximate surface area is 484 Å². The molecule has 0 saturated heterocycles. The highest BCUT2D eigenvalue weighted by atomic mass is 16.6. The lowest BCUT2D eigenvalue weighted by molar-refractivity contribution is -0.167. The van der Waals surface area contributed by atoms with Gasteiger partial charge in [-0.2, -0.15) is 0 Å². The highest BCUT2D eigenvalue weighted by Crippen LogP contribution is 2.12. The van der Waals surface area contributed by atoms with E-state index >= 15 is 0 Å². The number of esters is 3. The zero-order valence-corrected chi connectivity index (χ0v) is 50.0. The van der Waals surface area contributed by atoms with E-state index in [0.717, 1.165) is 180 Å². The maximum Gasteiger partial charge on any atom is 0.306 e. The molecule has 0 N–H and O–H groups in total. The van der Waals surface area contributed by atoms with Crippen LogP contribution in [0.4, 0.5) is 0 Å². The molecule has 79 heavy (non-hydrogen) atoms. The SMILES string of the molecule is CC/C=C\C/C=C\C/C=C\C/C=C\C/C=C\C/C=C\C/C=C\C/C=C\C/C=C\CCCC(=O)OCC(COC(=O)CCCCCCC)OC(=O)CCCCCCC/C=C\C/C=C\C/C=C\C/C=C\C/C=C\C/C=C\C/C=C\CC. The van der Waals surface area contributed by atoms with Gasteiger partial charge < -0.3 is 14.2 Å². The molecule has 6 heteroatoms. The number of ether oxygens (including phenoxy) is 3. The Balaban J connectivity index is 4.29. The smallest absolute Gasteiger partial charge is 0.306 e. The predicted molar refractivity (Wildman–Crippen MR) is 343 cm³/mol. The summed E-state index contributed by atoms with van der Waals surface area (Å²) in [7, 11) is 0. The van der Waals surface area contributed by atoms with Crippen molar-refractivity contribution in [3.8, 4) is 0 Å². The third-order valence-corrected chi connectivity index (χ3v) is 12.1. The number of hydrogen-bond donors (Lipinski definition) is 0. The van der Waals surface area contributed by atoms with Gasteiger partial charge in [-0.3, -0.25) is 14.4 Å². The molecule has 0 amide bonds. The first kappa shape index (κ1) is 73.2. The standard InChI is InChI=1S/C73H110O6/c1-4-7-10-13-15-17-19-21-23-25-27-29-31-33-35-36-38-39-41-43-45-47-49-51-53-55-57-60-63-66-72(75)78-69-70(68-77-71(74)65-62-59-12-9-6-3)79-73(76)67-64-61-58-56-54-52-50-48-46-44-42-40-37-34-32-30-28-26-24-22-20-18-16-14-11-8-5-2/h7-8,10-11,15-18,21-24,27-30,33-35,37-39,42-45,48-51,55,57,70H,4-6,9,12-14,19-20,25-26,31-32,36,40-41,46-47,52-54,56,58-69H2,1-3H3/b10-7-,11-8-,17-15-,18-16-,23-21-,24-22-,29-27-,30-28-,35-33-,37-34-,39-38-,44-42-,45-43-,50-48-,51-49-,57-55-. The number of hydrogen-bond acceptors (Lipinski definition) is 6. The van der Waals surface area contributed by atoms with E-state index in [4.69, 9.17) is 14.2 Å². The third-order valence-electron chi connectivity index (χ3n) is 12.1. The molecule has 0 aliphatic heterocycles. The van der Waals surface area contributed by atoms with Gasteiger partial charge in [0.1, 0.15) is 13.2 Å². The molecule has 0 radical (unpaired) electrons. The van der Waals surface area contributed by atoms with Crippen LogP contribution < -0.4 is 0 Å². The zero-order valence-electron chi connectivity index (χ0n) is 50.0. The van der Waals surface area contributed by atoms with E-state index in [2.05, 4.69) is 215 Å². The van der Waals surface area contributed by atoms with Crippen LogP contribution in [-0.4, -0.2) is 37.2 Å². The highest BCUT2D eigenvalue weighted by Gasteiger charge is 2.19. The first-order chi connectivity index (χ1) is 39.0. The van der Waals surface area contributed by atoms with E-state index in [1.54, 1.807) is 0 Å². The van der Waals surface area contributed by atoms with Gasteiger partial charge >= 0.3 is 17.9 Å². The van der Waals surface area contributed by atoms with Crippen molar-refractivity contribution in [1.29, 1.82) is 0 Å². The summed E-state index contributed by atoms with van der Waals surface area (Å²) in [6.45, 7) is 6.23. The second-order valence-corrected chi connectivity index (χ2v) is 19.5. The summed E-state index contributed by atoms with van der Waals surface area (Å²) in [5.74, 6) is -1.02. The molecular weight excluding hydrogens is 973 g/mol. The van der Waals surface area contributed by atoms with E-state index in [0.29, 0.717) is 12.8 Å². The maximum absolute atomic E-state index is 12.8. The molecule has 0 bridgehead atoms. The topological polar surface area (TPSA) is 78.9 Å². The van der Waals surface area contributed by atoms with Gasteiger partial charge in [0.15, 0.2) is 6.10 Å². The van der Waals surface area contributed by atoms with Gasteiger partial charge in [0.05, 0.1) is 0 Å². The number of unbranched alkanes of at least 4 members (excludes halogenated alkanes) is 10. The minimum atomic E-state index is -0.821. The molecule has 0 heterocycles. The minimum Gasteiger partial charge on any atom is -0.462 e. The Morgan fingerprint density at radius 3 is 0.823 bits per heavy atom. The van der Waals surface area contributed by atoms with Gasteiger partial charge in [0.2, 0.25) is 0 Å². The van der Waals surface area contributed by atoms with Crippen molar-refractivity contribution in [2.45, 2.75) is 232 Å². The average Bonchev–Trinajstić information content (AvgIpc) is 3.45. The second-order valence-electron chi connectivity index (χ2n) is 19.5. The van der Waals surface area contributed by atoms with Gasteiger partial charge in [0.25, 0.3) is 0 Å². The lowest BCUT2D eigenvalue weighted by Crippen LogP contribution is -2.30. The van der Waals surface area contributed by atoms with E-state index in [1.165, 1.54) is 0 Å². The molecular formula is C73H110O6. The quantitative estimate of drug-likeness (QED) is 0.0261. The van der Waals surface area contributed by atoms with Gasteiger partial charge in [-0.15, -0.1) is 0 Å². The van der Waals surface area contributed by atoms with Gasteiger partial charge in [-0.1, -0.05) is 260 Å². The van der Waals surface area contributed by atoms with Crippen LogP contribution in [0.2, 0.25) is 0 Å². The fourth-order valence-electron chi connectivity index (χ4n) is 7.54. The molecule has 1 atom stereocenters. The van der Waals surface area contributed by atoms with Crippen molar-refractivity contribution in [3.05, 3.63) is 194 Å². The summed E-state index contributed by atoms with van der Waals surface area (Å²) in [5.41, 5.74) is 0. The summed E-state index contributed by atoms with van der Waals surface area (Å²) in [4.78, 5) is 37.9. The first-order valence-corrected chi connectivity index (χ1v) is 30.9. The van der Waals surface area contributed by atoms with E-state index < -0.39 is 6.10 Å². The molecule has 1 unspecified atom stereocenters. The van der Waals surface area contributed by atoms with Gasteiger partial charge in [0, 0.05) is 19.3 Å². The normalized spacial score (nSPS) is 13.5. The van der Waals surface area contributed by atoms with Crippen LogP contribution in [0.5, 0.6) is 0 Å². The third kappa shape index (κ3) is 63.0. The monoisotopic (exact) mass is 1080 g/mol. The predicted octanol–water partition coefficient (Wildman–Crippen LogP) is 21.4. The highest BCUT2D eigenvalue weighted by molar-refractivity contribution is 5.71. The molecule has 0 fully saturated rings. The summed E-state index contributed by atoms with van der Waals surface area (Å²) < 4.78 is 16.7. The van der Waals surface area contributed by atoms with Crippen molar-refractivity contribution in [2.75, 3.05) is 13.2 Å². The molecule has 438 valence electrons. The maximum atomic E-state index is 12.8. The Bertz CT molecular complexity index is 1920. The summed E-state index contributed by atoms with van der Waals surface area (Å²) in [6.07, 6.45) is 99.1. The Hall–Kier alpha value is -5.75. The van der Waals surface area contributed by atoms with Gasteiger partial charge in [-0.05, 0) is 141 Å². The summed E-state index contributed by atoms with van der Waals surface area (Å²) in [5, 5.41) is 0. The number of rotatable bonds is 53. The molecule has 0 aliphatic rings. The number of carbonyl (C=O) groups excluding carboxylic acids is 3. The first-order valence-electron chi connectivity index (χ1n) is 30.9. The molecule has 0 aromatic rings. The summed E-state index contributed by atoms with van der Waals surface area (Å²) >= 11 is 0. The average molecular weight is 1080 g/mol. The van der Waals surface area contributed by atoms with Crippen molar-refractivity contribution in [1.82, 2.24) is 0 Å². The van der Waals surface area contributed by atoms with Crippen LogP contribution >= 0.6 is 0 Å². The zero-order chi connectivity index (χ0) is 57.1. The van der Waals surface area contributed by atoms with Crippen molar-refractivity contribution in [2.24, 2.45) is 0 Å². The van der Waals surface area contributed by atoms with E-state index in [9.17, 15) is 14.4 Å².